The standard InChI is InChI=1S/C27H54N8O2/c1-19(28)13-31-20(2)14-32-21(3)15-33-22(4)16-34-23(5)17-35-25(18-30-11-10-27(29)37)12-24-6-8-26(36)9-7-24/h6-9,19-23,25,30-36H,10-18,28H2,1-5H3,(H2,29,37)/t19-,20-,21-,22-,23-,25-/m0/s1. The lowest BCUT2D eigenvalue weighted by molar-refractivity contribution is -0.117. The molecule has 10 heteroatoms. The molecule has 1 aromatic carbocycles. The predicted molar refractivity (Wildman–Crippen MR) is 154 cm³/mol. The highest BCUT2D eigenvalue weighted by Gasteiger charge is 2.13. The van der Waals surface area contributed by atoms with Gasteiger partial charge in [0.25, 0.3) is 0 Å². The average Bonchev–Trinajstić information content (AvgIpc) is 2.85. The molecule has 0 bridgehead atoms. The first kappa shape index (κ1) is 33.2. The average molecular weight is 523 g/mol. The van der Waals surface area contributed by atoms with Crippen LogP contribution in [0, 0.1) is 0 Å². The molecule has 1 amide bonds. The SMILES string of the molecule is C[C@H](N)CN[C@@H](C)CN[C@@H](C)CN[C@@H](C)CN[C@@H](C)CN[C@H](CNCCC(N)=O)Cc1ccc(O)cc1. The molecule has 0 saturated carbocycles. The Balaban J connectivity index is 2.32. The number of phenolic OH excluding ortho intramolecular Hbond substituents is 1. The molecule has 0 aliphatic heterocycles. The van der Waals surface area contributed by atoms with Crippen molar-refractivity contribution in [2.45, 2.75) is 83.7 Å². The molecule has 0 aliphatic carbocycles. The Kier molecular flexibility index (Phi) is 17.3. The fraction of sp³-hybridized carbons (Fsp3) is 0.741. The van der Waals surface area contributed by atoms with Crippen LogP contribution in [-0.2, 0) is 11.2 Å². The van der Waals surface area contributed by atoms with E-state index in [0.717, 1.165) is 51.3 Å². The van der Waals surface area contributed by atoms with Crippen molar-refractivity contribution in [3.8, 4) is 5.75 Å². The van der Waals surface area contributed by atoms with Crippen molar-refractivity contribution in [3.05, 3.63) is 29.8 Å². The summed E-state index contributed by atoms with van der Waals surface area (Å²) in [5, 5.41) is 30.7. The summed E-state index contributed by atoms with van der Waals surface area (Å²) in [6.07, 6.45) is 1.14. The Morgan fingerprint density at radius 3 is 1.68 bits per heavy atom. The molecule has 0 saturated heterocycles. The number of primary amides is 1. The molecule has 1 rings (SSSR count). The van der Waals surface area contributed by atoms with Gasteiger partial charge in [-0.15, -0.1) is 0 Å². The molecule has 37 heavy (non-hydrogen) atoms. The number of nitrogens with one attached hydrogen (secondary N) is 6. The number of hydrogen-bond donors (Lipinski definition) is 9. The minimum absolute atomic E-state index is 0.169. The minimum Gasteiger partial charge on any atom is -0.508 e. The lowest BCUT2D eigenvalue weighted by Crippen LogP contribution is -2.50. The van der Waals surface area contributed by atoms with Crippen LogP contribution in [0.1, 0.15) is 46.6 Å². The summed E-state index contributed by atoms with van der Waals surface area (Å²) in [4.78, 5) is 11.0. The summed E-state index contributed by atoms with van der Waals surface area (Å²) in [5.74, 6) is -0.0349. The number of rotatable bonds is 22. The molecular formula is C27H54N8O2. The van der Waals surface area contributed by atoms with Gasteiger partial charge < -0.3 is 48.5 Å². The third kappa shape index (κ3) is 18.2. The summed E-state index contributed by atoms with van der Waals surface area (Å²) in [6.45, 7) is 16.4. The van der Waals surface area contributed by atoms with E-state index < -0.39 is 0 Å². The lowest BCUT2D eigenvalue weighted by atomic mass is 10.1. The third-order valence-corrected chi connectivity index (χ3v) is 6.18. The first-order valence-corrected chi connectivity index (χ1v) is 13.7. The zero-order chi connectivity index (χ0) is 27.6. The summed E-state index contributed by atoms with van der Waals surface area (Å²) in [7, 11) is 0. The molecule has 10 nitrogen and oxygen atoms in total. The van der Waals surface area contributed by atoms with Crippen molar-refractivity contribution in [2.75, 3.05) is 45.8 Å². The van der Waals surface area contributed by atoms with Gasteiger partial charge in [-0.05, 0) is 58.7 Å². The number of phenols is 1. The molecule has 6 atom stereocenters. The number of aromatic hydroxyl groups is 1. The monoisotopic (exact) mass is 522 g/mol. The van der Waals surface area contributed by atoms with Crippen LogP contribution in [0.25, 0.3) is 0 Å². The van der Waals surface area contributed by atoms with Gasteiger partial charge in [0, 0.05) is 88.5 Å². The van der Waals surface area contributed by atoms with Crippen LogP contribution < -0.4 is 43.4 Å². The number of nitrogens with two attached hydrogens (primary N) is 2. The molecule has 0 fully saturated rings. The van der Waals surface area contributed by atoms with E-state index >= 15 is 0 Å². The van der Waals surface area contributed by atoms with Crippen molar-refractivity contribution in [2.24, 2.45) is 11.5 Å². The number of amides is 1. The second kappa shape index (κ2) is 19.3. The van der Waals surface area contributed by atoms with E-state index in [2.05, 4.69) is 59.6 Å². The predicted octanol–water partition coefficient (Wildman–Crippen LogP) is -0.382. The van der Waals surface area contributed by atoms with Gasteiger partial charge >= 0.3 is 0 Å². The Labute approximate surface area is 224 Å². The largest absolute Gasteiger partial charge is 0.508 e. The highest BCUT2D eigenvalue weighted by molar-refractivity contribution is 5.73. The van der Waals surface area contributed by atoms with Gasteiger partial charge in [0.05, 0.1) is 0 Å². The molecule has 0 heterocycles. The van der Waals surface area contributed by atoms with Crippen LogP contribution in [0.4, 0.5) is 0 Å². The van der Waals surface area contributed by atoms with Crippen molar-refractivity contribution in [3.63, 3.8) is 0 Å². The number of carbonyl (C=O) groups is 1. The van der Waals surface area contributed by atoms with E-state index in [0.29, 0.717) is 37.1 Å². The van der Waals surface area contributed by atoms with Gasteiger partial charge in [-0.25, -0.2) is 0 Å². The lowest BCUT2D eigenvalue weighted by Gasteiger charge is -2.25. The van der Waals surface area contributed by atoms with Crippen molar-refractivity contribution < 1.29 is 9.90 Å². The van der Waals surface area contributed by atoms with Gasteiger partial charge in [-0.2, -0.15) is 0 Å². The van der Waals surface area contributed by atoms with E-state index in [-0.39, 0.29) is 23.7 Å². The second-order valence-electron chi connectivity index (χ2n) is 10.6. The maximum absolute atomic E-state index is 11.0. The number of hydrogen-bond acceptors (Lipinski definition) is 9. The highest BCUT2D eigenvalue weighted by Crippen LogP contribution is 2.11. The zero-order valence-corrected chi connectivity index (χ0v) is 23.6. The fourth-order valence-electron chi connectivity index (χ4n) is 3.77. The molecular weight excluding hydrogens is 468 g/mol. The molecule has 0 aliphatic rings. The molecule has 0 aromatic heterocycles. The molecule has 1 aromatic rings. The zero-order valence-electron chi connectivity index (χ0n) is 23.6. The highest BCUT2D eigenvalue weighted by atomic mass is 16.3. The van der Waals surface area contributed by atoms with Gasteiger partial charge in [0.15, 0.2) is 0 Å². The summed E-state index contributed by atoms with van der Waals surface area (Å²) < 4.78 is 0. The molecule has 0 unspecified atom stereocenters. The Hall–Kier alpha value is -1.79. The van der Waals surface area contributed by atoms with Crippen molar-refractivity contribution in [1.82, 2.24) is 31.9 Å². The van der Waals surface area contributed by atoms with Crippen molar-refractivity contribution >= 4 is 5.91 Å². The maximum Gasteiger partial charge on any atom is 0.218 e. The third-order valence-electron chi connectivity index (χ3n) is 6.18. The van der Waals surface area contributed by atoms with E-state index in [9.17, 15) is 9.90 Å². The van der Waals surface area contributed by atoms with E-state index in [4.69, 9.17) is 11.5 Å². The Bertz CT molecular complexity index is 719. The first-order chi connectivity index (χ1) is 17.5. The van der Waals surface area contributed by atoms with Crippen molar-refractivity contribution in [1.29, 1.82) is 0 Å². The summed E-state index contributed by atoms with van der Waals surface area (Å²) >= 11 is 0. The first-order valence-electron chi connectivity index (χ1n) is 13.7. The molecule has 214 valence electrons. The van der Waals surface area contributed by atoms with E-state index in [1.165, 1.54) is 0 Å². The summed E-state index contributed by atoms with van der Waals surface area (Å²) in [6, 6.07) is 9.07. The molecule has 0 spiro atoms. The topological polar surface area (TPSA) is 162 Å². The van der Waals surface area contributed by atoms with Gasteiger partial charge in [-0.3, -0.25) is 4.79 Å². The summed E-state index contributed by atoms with van der Waals surface area (Å²) in [5.41, 5.74) is 12.2. The van der Waals surface area contributed by atoms with Crippen LogP contribution in [0.5, 0.6) is 5.75 Å². The van der Waals surface area contributed by atoms with Gasteiger partial charge in [-0.1, -0.05) is 12.1 Å². The fourth-order valence-corrected chi connectivity index (χ4v) is 3.77. The second-order valence-corrected chi connectivity index (χ2v) is 10.6. The van der Waals surface area contributed by atoms with Crippen LogP contribution in [-0.4, -0.2) is 93.1 Å². The molecule has 0 radical (unpaired) electrons. The van der Waals surface area contributed by atoms with E-state index in [1.807, 2.05) is 19.1 Å². The van der Waals surface area contributed by atoms with Crippen LogP contribution in [0.2, 0.25) is 0 Å². The molecule has 11 N–H and O–H groups in total. The minimum atomic E-state index is -0.301. The number of carbonyl (C=O) groups excluding carboxylic acids is 1. The van der Waals surface area contributed by atoms with Crippen LogP contribution in [0.15, 0.2) is 24.3 Å². The Morgan fingerprint density at radius 2 is 1.22 bits per heavy atom. The smallest absolute Gasteiger partial charge is 0.218 e. The maximum atomic E-state index is 11.0. The van der Waals surface area contributed by atoms with Crippen LogP contribution >= 0.6 is 0 Å². The van der Waals surface area contributed by atoms with E-state index in [1.54, 1.807) is 12.1 Å². The normalized spacial score (nSPS) is 16.6. The van der Waals surface area contributed by atoms with Gasteiger partial charge in [0.2, 0.25) is 5.91 Å². The van der Waals surface area contributed by atoms with Gasteiger partial charge in [0.1, 0.15) is 5.75 Å². The Morgan fingerprint density at radius 1 is 0.757 bits per heavy atom. The quantitative estimate of drug-likeness (QED) is 0.0924. The van der Waals surface area contributed by atoms with Crippen LogP contribution in [0.3, 0.4) is 0 Å². The number of benzene rings is 1.